The predicted molar refractivity (Wildman–Crippen MR) is 174 cm³/mol. The Balaban J connectivity index is 1.39. The standard InChI is InChI=1S/C37H56N2O8/c1-22(2)6-7-26-31(43)37(46)28(33(21-40)12-8-25(41)19-35(26,33)44)9-13-32-10-4-5-11-34-24(20-39-15-14-38-3)16-23(18-36(32,37)45)30(32)27(34)17-29(42)47-34/h16-17,21-23,25-26,28,30-31,38-39,41,43-46H,4-15,18-20H2,1-3H3. The van der Waals surface area contributed by atoms with Gasteiger partial charge in [0.2, 0.25) is 0 Å². The number of aliphatic hydroxyl groups excluding tert-OH is 2. The Kier molecular flexibility index (Phi) is 8.23. The lowest BCUT2D eigenvalue weighted by molar-refractivity contribution is -0.367. The van der Waals surface area contributed by atoms with Crippen molar-refractivity contribution in [1.29, 1.82) is 0 Å². The first kappa shape index (κ1) is 33.8. The van der Waals surface area contributed by atoms with Crippen molar-refractivity contribution in [3.05, 3.63) is 23.3 Å². The van der Waals surface area contributed by atoms with Crippen molar-refractivity contribution in [1.82, 2.24) is 10.6 Å². The van der Waals surface area contributed by atoms with E-state index in [1.807, 2.05) is 7.05 Å². The lowest BCUT2D eigenvalue weighted by atomic mass is 9.36. The van der Waals surface area contributed by atoms with Crippen LogP contribution in [0.5, 0.6) is 0 Å². The summed E-state index contributed by atoms with van der Waals surface area (Å²) in [7, 11) is 1.90. The molecule has 6 aliphatic carbocycles. The zero-order valence-corrected chi connectivity index (χ0v) is 28.3. The third-order valence-corrected chi connectivity index (χ3v) is 14.6. The van der Waals surface area contributed by atoms with E-state index in [1.54, 1.807) is 6.08 Å². The molecule has 7 rings (SSSR count). The lowest BCUT2D eigenvalue weighted by Crippen LogP contribution is -2.84. The first-order chi connectivity index (χ1) is 22.3. The van der Waals surface area contributed by atoms with E-state index in [0.717, 1.165) is 43.4 Å². The maximum Gasteiger partial charge on any atom is 0.332 e. The van der Waals surface area contributed by atoms with E-state index < -0.39 is 57.3 Å². The van der Waals surface area contributed by atoms with Gasteiger partial charge < -0.3 is 45.7 Å². The van der Waals surface area contributed by atoms with Gasteiger partial charge in [-0.1, -0.05) is 32.8 Å². The van der Waals surface area contributed by atoms with Crippen molar-refractivity contribution in [2.45, 2.75) is 126 Å². The van der Waals surface area contributed by atoms with Crippen molar-refractivity contribution in [3.63, 3.8) is 0 Å². The van der Waals surface area contributed by atoms with E-state index in [-0.39, 0.29) is 43.0 Å². The van der Waals surface area contributed by atoms with E-state index in [0.29, 0.717) is 51.5 Å². The molecule has 1 aliphatic heterocycles. The summed E-state index contributed by atoms with van der Waals surface area (Å²) >= 11 is 0. The molecule has 0 aromatic rings. The van der Waals surface area contributed by atoms with Crippen LogP contribution in [0.1, 0.15) is 90.9 Å². The van der Waals surface area contributed by atoms with E-state index in [1.165, 1.54) is 0 Å². The van der Waals surface area contributed by atoms with E-state index in [4.69, 9.17) is 4.74 Å². The maximum atomic E-state index is 13.5. The molecule has 5 fully saturated rings. The summed E-state index contributed by atoms with van der Waals surface area (Å²) < 4.78 is 6.26. The molecule has 7 aliphatic rings. The van der Waals surface area contributed by atoms with Gasteiger partial charge >= 0.3 is 5.97 Å². The molecule has 0 aromatic carbocycles. The minimum atomic E-state index is -2.09. The lowest BCUT2D eigenvalue weighted by Gasteiger charge is -2.72. The van der Waals surface area contributed by atoms with Gasteiger partial charge in [0.05, 0.1) is 23.2 Å². The number of fused-ring (bicyclic) bond motifs is 4. The average molecular weight is 657 g/mol. The minimum absolute atomic E-state index is 0.0472. The van der Waals surface area contributed by atoms with Crippen LogP contribution < -0.4 is 10.6 Å². The normalized spacial score (nSPS) is 49.9. The average Bonchev–Trinajstić information content (AvgIpc) is 3.47. The molecule has 1 heterocycles. The van der Waals surface area contributed by atoms with Crippen molar-refractivity contribution in [3.8, 4) is 0 Å². The second-order valence-corrected chi connectivity index (χ2v) is 16.8. The van der Waals surface area contributed by atoms with Crippen LogP contribution in [0, 0.1) is 40.4 Å². The summed E-state index contributed by atoms with van der Waals surface area (Å²) in [4.78, 5) is 26.7. The van der Waals surface area contributed by atoms with Crippen LogP contribution in [0.25, 0.3) is 0 Å². The van der Waals surface area contributed by atoms with Crippen LogP contribution in [0.2, 0.25) is 0 Å². The molecule has 7 N–H and O–H groups in total. The second-order valence-electron chi connectivity index (χ2n) is 16.8. The summed E-state index contributed by atoms with van der Waals surface area (Å²) in [5, 5.41) is 69.7. The van der Waals surface area contributed by atoms with Crippen LogP contribution in [0.15, 0.2) is 23.3 Å². The number of rotatable bonds is 9. The Hall–Kier alpha value is -1.66. The number of aldehydes is 1. The summed E-state index contributed by atoms with van der Waals surface area (Å²) in [6, 6.07) is 0. The fourth-order valence-electron chi connectivity index (χ4n) is 12.7. The van der Waals surface area contributed by atoms with Crippen LogP contribution in [0.4, 0.5) is 0 Å². The molecule has 10 nitrogen and oxygen atoms in total. The third kappa shape index (κ3) is 4.21. The van der Waals surface area contributed by atoms with E-state index in [9.17, 15) is 35.1 Å². The quantitative estimate of drug-likeness (QED) is 0.0843. The Morgan fingerprint density at radius 2 is 1.81 bits per heavy atom. The fraction of sp³-hybridized carbons (Fsp3) is 0.838. The van der Waals surface area contributed by atoms with Gasteiger partial charge in [0, 0.05) is 49.4 Å². The number of carbonyl (C=O) groups is 2. The number of likely N-dealkylation sites (N-methyl/N-ethyl adjacent to an activating group) is 1. The highest BCUT2D eigenvalue weighted by atomic mass is 16.6. The van der Waals surface area contributed by atoms with Gasteiger partial charge in [0.15, 0.2) is 5.60 Å². The highest BCUT2D eigenvalue weighted by Crippen LogP contribution is 2.77. The van der Waals surface area contributed by atoms with Crippen LogP contribution in [0.3, 0.4) is 0 Å². The van der Waals surface area contributed by atoms with Gasteiger partial charge in [0.25, 0.3) is 0 Å². The number of hydrogen-bond acceptors (Lipinski definition) is 10. The maximum absolute atomic E-state index is 13.5. The van der Waals surface area contributed by atoms with Gasteiger partial charge in [-0.15, -0.1) is 0 Å². The molecule has 0 aromatic heterocycles. The molecule has 0 amide bonds. The predicted octanol–water partition coefficient (Wildman–Crippen LogP) is 1.91. The molecule has 0 radical (unpaired) electrons. The molecule has 12 atom stereocenters. The van der Waals surface area contributed by atoms with Gasteiger partial charge in [-0.25, -0.2) is 4.79 Å². The second kappa shape index (κ2) is 11.4. The summed E-state index contributed by atoms with van der Waals surface area (Å²) in [5.41, 5.74) is -6.93. The fourth-order valence-corrected chi connectivity index (χ4v) is 12.7. The highest BCUT2D eigenvalue weighted by molar-refractivity contribution is 5.88. The first-order valence-electron chi connectivity index (χ1n) is 18.3. The molecule has 12 unspecified atom stereocenters. The highest BCUT2D eigenvalue weighted by Gasteiger charge is 2.84. The number of esters is 1. The number of ether oxygens (including phenoxy) is 1. The van der Waals surface area contributed by atoms with Crippen molar-refractivity contribution in [2.24, 2.45) is 40.4 Å². The summed E-state index contributed by atoms with van der Waals surface area (Å²) in [6.45, 7) is 6.15. The molecular weight excluding hydrogens is 600 g/mol. The number of allylic oxidation sites excluding steroid dienone is 1. The molecule has 2 bridgehead atoms. The molecule has 1 spiro atoms. The number of aliphatic hydroxyl groups is 5. The van der Waals surface area contributed by atoms with Crippen molar-refractivity contribution >= 4 is 12.3 Å². The van der Waals surface area contributed by atoms with Gasteiger partial charge in [-0.2, -0.15) is 0 Å². The molecule has 10 heteroatoms. The first-order valence-corrected chi connectivity index (χ1v) is 18.3. The Bertz CT molecular complexity index is 1350. The van der Waals surface area contributed by atoms with Gasteiger partial charge in [-0.3, -0.25) is 0 Å². The molecule has 5 saturated carbocycles. The topological polar surface area (TPSA) is 169 Å². The van der Waals surface area contributed by atoms with E-state index >= 15 is 0 Å². The molecule has 262 valence electrons. The Labute approximate surface area is 278 Å². The van der Waals surface area contributed by atoms with Crippen LogP contribution in [-0.2, 0) is 14.3 Å². The van der Waals surface area contributed by atoms with Crippen molar-refractivity contribution < 1.29 is 39.9 Å². The number of nitrogens with one attached hydrogen (secondary N) is 2. The largest absolute Gasteiger partial charge is 0.447 e. The Morgan fingerprint density at radius 1 is 1.04 bits per heavy atom. The molecular formula is C37H56N2O8. The third-order valence-electron chi connectivity index (χ3n) is 14.6. The summed E-state index contributed by atoms with van der Waals surface area (Å²) in [6.07, 6.45) is 7.53. The molecule has 0 saturated heterocycles. The molecule has 47 heavy (non-hydrogen) atoms. The van der Waals surface area contributed by atoms with Crippen molar-refractivity contribution in [2.75, 3.05) is 26.7 Å². The monoisotopic (exact) mass is 656 g/mol. The van der Waals surface area contributed by atoms with Crippen LogP contribution in [-0.4, -0.2) is 99.1 Å². The zero-order chi connectivity index (χ0) is 33.6. The number of hydrogen-bond donors (Lipinski definition) is 7. The van der Waals surface area contributed by atoms with Gasteiger partial charge in [0.1, 0.15) is 17.5 Å². The minimum Gasteiger partial charge on any atom is -0.447 e. The SMILES string of the molecule is CNCCNCC1=CC2CC3(O)C4(CCCCC15OC(=O)C=C5C24)CCC1C2(C=O)CCC(O)CC2(O)C(CCC(C)C)C(O)C13O. The van der Waals surface area contributed by atoms with Gasteiger partial charge in [-0.05, 0) is 93.7 Å². The summed E-state index contributed by atoms with van der Waals surface area (Å²) in [5.74, 6) is -2.43. The van der Waals surface area contributed by atoms with E-state index in [2.05, 4.69) is 30.6 Å². The smallest absolute Gasteiger partial charge is 0.332 e. The number of carbonyl (C=O) groups excluding carboxylic acids is 2. The Morgan fingerprint density at radius 3 is 2.53 bits per heavy atom. The van der Waals surface area contributed by atoms with Crippen LogP contribution >= 0.6 is 0 Å². The zero-order valence-electron chi connectivity index (χ0n) is 28.3.